The topological polar surface area (TPSA) is 120 Å². The number of methoxy groups -OCH3 is 1. The third kappa shape index (κ3) is 5.05. The number of carbonyl (C=O) groups excluding carboxylic acids is 2. The Hall–Kier alpha value is -4.09. The molecular formula is C23H23F2N5O5. The normalized spacial score (nSPS) is 13.2. The molecule has 0 radical (unpaired) electrons. The van der Waals surface area contributed by atoms with Gasteiger partial charge in [0.05, 0.1) is 20.1 Å². The Morgan fingerprint density at radius 3 is 2.63 bits per heavy atom. The lowest BCUT2D eigenvalue weighted by molar-refractivity contribution is -0.130. The first-order chi connectivity index (χ1) is 16.8. The molecule has 3 heterocycles. The number of aryl methyl sites for hydroxylation is 1. The smallest absolute Gasteiger partial charge is 0.257 e. The number of fused-ring (bicyclic) bond motifs is 1. The molecule has 4 rings (SSSR count). The largest absolute Gasteiger partial charge is 0.496 e. The van der Waals surface area contributed by atoms with E-state index in [1.807, 2.05) is 0 Å². The molecule has 0 saturated heterocycles. The summed E-state index contributed by atoms with van der Waals surface area (Å²) < 4.78 is 38.1. The molecule has 12 heteroatoms. The molecule has 0 bridgehead atoms. The summed E-state index contributed by atoms with van der Waals surface area (Å²) in [5, 5.41) is 10.2. The summed E-state index contributed by atoms with van der Waals surface area (Å²) in [4.78, 5) is 40.2. The lowest BCUT2D eigenvalue weighted by Crippen LogP contribution is -2.35. The molecule has 1 aromatic carbocycles. The molecule has 0 atom stereocenters. The second-order valence-corrected chi connectivity index (χ2v) is 8.06. The number of pyridine rings is 1. The first-order valence-electron chi connectivity index (χ1n) is 10.9. The van der Waals surface area contributed by atoms with Crippen LogP contribution in [0.3, 0.4) is 0 Å². The van der Waals surface area contributed by atoms with Crippen LogP contribution in [-0.4, -0.2) is 51.8 Å². The van der Waals surface area contributed by atoms with Crippen molar-refractivity contribution >= 4 is 11.8 Å². The Labute approximate surface area is 198 Å². The maximum absolute atomic E-state index is 13.5. The minimum atomic E-state index is -1.02. The van der Waals surface area contributed by atoms with Gasteiger partial charge in [0.15, 0.2) is 11.6 Å². The van der Waals surface area contributed by atoms with Gasteiger partial charge in [0, 0.05) is 37.8 Å². The molecule has 2 amide bonds. The van der Waals surface area contributed by atoms with Gasteiger partial charge < -0.3 is 19.5 Å². The van der Waals surface area contributed by atoms with Gasteiger partial charge >= 0.3 is 0 Å². The van der Waals surface area contributed by atoms with Gasteiger partial charge in [-0.25, -0.2) is 13.4 Å². The van der Waals surface area contributed by atoms with E-state index in [0.29, 0.717) is 22.6 Å². The van der Waals surface area contributed by atoms with Crippen LogP contribution < -0.4 is 15.6 Å². The van der Waals surface area contributed by atoms with Crippen LogP contribution in [0.1, 0.15) is 33.0 Å². The maximum Gasteiger partial charge on any atom is 0.257 e. The standard InChI is InChI=1S/C23H23F2N5O5/c1-13-17(28-35-27-13)12-26-23(33)22-18-5-6-29(7-8-30(18)21(32)11-19(22)34-2)20(31)10-14-3-4-15(24)16(25)9-14/h3-4,9,11H,5-8,10,12H2,1-2H3,(H,26,33). The average Bonchev–Trinajstić information content (AvgIpc) is 3.10. The molecule has 1 aliphatic heterocycles. The summed E-state index contributed by atoms with van der Waals surface area (Å²) in [5.74, 6) is -2.67. The molecule has 0 unspecified atom stereocenters. The summed E-state index contributed by atoms with van der Waals surface area (Å²) in [6, 6.07) is 4.56. The van der Waals surface area contributed by atoms with Crippen LogP contribution in [0, 0.1) is 18.6 Å². The highest BCUT2D eigenvalue weighted by atomic mass is 19.2. The summed E-state index contributed by atoms with van der Waals surface area (Å²) in [6.07, 6.45) is 0.0907. The molecule has 10 nitrogen and oxygen atoms in total. The van der Waals surface area contributed by atoms with Crippen molar-refractivity contribution in [2.75, 3.05) is 20.2 Å². The fraction of sp³-hybridized carbons (Fsp3) is 0.348. The first kappa shape index (κ1) is 24.0. The van der Waals surface area contributed by atoms with Gasteiger partial charge in [0.25, 0.3) is 11.5 Å². The molecule has 3 aromatic rings. The van der Waals surface area contributed by atoms with E-state index in [9.17, 15) is 23.2 Å². The van der Waals surface area contributed by atoms with Crippen LogP contribution >= 0.6 is 0 Å². The zero-order valence-corrected chi connectivity index (χ0v) is 19.1. The van der Waals surface area contributed by atoms with Crippen molar-refractivity contribution < 1.29 is 27.7 Å². The Kier molecular flexibility index (Phi) is 6.90. The van der Waals surface area contributed by atoms with Gasteiger partial charge in [0.2, 0.25) is 5.91 Å². The molecule has 184 valence electrons. The van der Waals surface area contributed by atoms with Gasteiger partial charge in [0.1, 0.15) is 22.7 Å². The van der Waals surface area contributed by atoms with Crippen LogP contribution in [0.5, 0.6) is 5.75 Å². The summed E-state index contributed by atoms with van der Waals surface area (Å²) in [6.45, 7) is 2.36. The highest BCUT2D eigenvalue weighted by Crippen LogP contribution is 2.23. The second-order valence-electron chi connectivity index (χ2n) is 8.06. The van der Waals surface area contributed by atoms with E-state index in [4.69, 9.17) is 4.74 Å². The molecule has 0 spiro atoms. The highest BCUT2D eigenvalue weighted by molar-refractivity contribution is 5.98. The predicted molar refractivity (Wildman–Crippen MR) is 118 cm³/mol. The number of nitrogens with zero attached hydrogens (tertiary/aromatic N) is 4. The van der Waals surface area contributed by atoms with E-state index >= 15 is 0 Å². The van der Waals surface area contributed by atoms with Crippen LogP contribution in [-0.2, 0) is 30.7 Å². The van der Waals surface area contributed by atoms with Crippen molar-refractivity contribution in [2.45, 2.75) is 32.9 Å². The SMILES string of the molecule is COc1cc(=O)n2c(c1C(=O)NCc1nonc1C)CCN(C(=O)Cc1ccc(F)c(F)c1)CC2. The molecular weight excluding hydrogens is 464 g/mol. The van der Waals surface area contributed by atoms with E-state index in [2.05, 4.69) is 20.3 Å². The fourth-order valence-corrected chi connectivity index (χ4v) is 4.00. The van der Waals surface area contributed by atoms with Crippen molar-refractivity contribution in [3.8, 4) is 5.75 Å². The van der Waals surface area contributed by atoms with Crippen molar-refractivity contribution in [2.24, 2.45) is 0 Å². The van der Waals surface area contributed by atoms with Crippen LogP contribution in [0.2, 0.25) is 0 Å². The number of aromatic nitrogens is 3. The van der Waals surface area contributed by atoms with Gasteiger partial charge in [-0.1, -0.05) is 16.4 Å². The Morgan fingerprint density at radius 1 is 1.14 bits per heavy atom. The van der Waals surface area contributed by atoms with Crippen molar-refractivity contribution in [1.29, 1.82) is 0 Å². The fourth-order valence-electron chi connectivity index (χ4n) is 4.00. The number of benzene rings is 1. The average molecular weight is 487 g/mol. The number of amides is 2. The number of hydrogen-bond donors (Lipinski definition) is 1. The number of ether oxygens (including phenoxy) is 1. The van der Waals surface area contributed by atoms with Crippen molar-refractivity contribution in [3.05, 3.63) is 74.5 Å². The predicted octanol–water partition coefficient (Wildman–Crippen LogP) is 1.38. The summed E-state index contributed by atoms with van der Waals surface area (Å²) >= 11 is 0. The van der Waals surface area contributed by atoms with Crippen molar-refractivity contribution in [1.82, 2.24) is 25.1 Å². The third-order valence-corrected chi connectivity index (χ3v) is 5.90. The maximum atomic E-state index is 13.5. The zero-order valence-electron chi connectivity index (χ0n) is 19.1. The number of halogens is 2. The first-order valence-corrected chi connectivity index (χ1v) is 10.9. The Bertz CT molecular complexity index is 1340. The molecule has 1 N–H and O–H groups in total. The van der Waals surface area contributed by atoms with Gasteiger partial charge in [-0.05, 0) is 24.6 Å². The van der Waals surface area contributed by atoms with Crippen molar-refractivity contribution in [3.63, 3.8) is 0 Å². The lowest BCUT2D eigenvalue weighted by atomic mass is 10.1. The number of rotatable bonds is 6. The molecule has 35 heavy (non-hydrogen) atoms. The Morgan fingerprint density at radius 2 is 1.94 bits per heavy atom. The van der Waals surface area contributed by atoms with Gasteiger partial charge in [-0.3, -0.25) is 14.4 Å². The highest BCUT2D eigenvalue weighted by Gasteiger charge is 2.27. The molecule has 0 aliphatic carbocycles. The van der Waals surface area contributed by atoms with Crippen LogP contribution in [0.4, 0.5) is 8.78 Å². The minimum Gasteiger partial charge on any atom is -0.496 e. The number of nitrogens with one attached hydrogen (secondary N) is 1. The molecule has 2 aromatic heterocycles. The van der Waals surface area contributed by atoms with Crippen LogP contribution in [0.15, 0.2) is 33.7 Å². The van der Waals surface area contributed by atoms with E-state index in [1.165, 1.54) is 28.7 Å². The minimum absolute atomic E-state index is 0.0642. The molecule has 1 aliphatic rings. The van der Waals surface area contributed by atoms with E-state index in [1.54, 1.807) is 6.92 Å². The van der Waals surface area contributed by atoms with E-state index in [-0.39, 0.29) is 61.8 Å². The van der Waals surface area contributed by atoms with Crippen LogP contribution in [0.25, 0.3) is 0 Å². The second kappa shape index (κ2) is 10.0. The summed E-state index contributed by atoms with van der Waals surface area (Å²) in [5.41, 5.74) is 1.61. The van der Waals surface area contributed by atoms with E-state index in [0.717, 1.165) is 12.1 Å². The quantitative estimate of drug-likeness (QED) is 0.558. The Balaban J connectivity index is 1.55. The number of hydrogen-bond acceptors (Lipinski definition) is 7. The van der Waals surface area contributed by atoms with Gasteiger partial charge in [-0.2, -0.15) is 0 Å². The van der Waals surface area contributed by atoms with E-state index < -0.39 is 17.5 Å². The monoisotopic (exact) mass is 487 g/mol. The molecule has 0 fully saturated rings. The third-order valence-electron chi connectivity index (χ3n) is 5.90. The summed E-state index contributed by atoms with van der Waals surface area (Å²) in [7, 11) is 1.36. The zero-order chi connectivity index (χ0) is 25.1. The lowest BCUT2D eigenvalue weighted by Gasteiger charge is -2.20. The number of carbonyl (C=O) groups is 2. The van der Waals surface area contributed by atoms with Gasteiger partial charge in [-0.15, -0.1) is 0 Å². The molecule has 0 saturated carbocycles.